The second-order valence-corrected chi connectivity index (χ2v) is 6.03. The minimum absolute atomic E-state index is 0.0296. The van der Waals surface area contributed by atoms with E-state index in [0.29, 0.717) is 22.6 Å². The van der Waals surface area contributed by atoms with Gasteiger partial charge in [0.15, 0.2) is 5.65 Å². The van der Waals surface area contributed by atoms with Gasteiger partial charge in [0.25, 0.3) is 5.69 Å². The van der Waals surface area contributed by atoms with Crippen LogP contribution < -0.4 is 5.73 Å². The minimum atomic E-state index is -0.716. The highest BCUT2D eigenvalue weighted by atomic mass is 19.1. The van der Waals surface area contributed by atoms with Crippen molar-refractivity contribution < 1.29 is 9.31 Å². The molecule has 0 bridgehead atoms. The van der Waals surface area contributed by atoms with Crippen molar-refractivity contribution in [2.24, 2.45) is 0 Å². The predicted molar refractivity (Wildman–Crippen MR) is 99.8 cm³/mol. The summed E-state index contributed by atoms with van der Waals surface area (Å²) in [5.74, 6) is -0.755. The molecule has 2 N–H and O–H groups in total. The van der Waals surface area contributed by atoms with Crippen LogP contribution in [0.25, 0.3) is 22.6 Å². The van der Waals surface area contributed by atoms with E-state index in [1.54, 1.807) is 22.8 Å². The fourth-order valence-electron chi connectivity index (χ4n) is 2.85. The maximum atomic E-state index is 14.3. The summed E-state index contributed by atoms with van der Waals surface area (Å²) in [6.45, 7) is 0.0296. The molecule has 0 atom stereocenters. The first-order chi connectivity index (χ1) is 14.0. The number of pyridine rings is 1. The number of rotatable bonds is 4. The van der Waals surface area contributed by atoms with Gasteiger partial charge < -0.3 is 10.3 Å². The summed E-state index contributed by atoms with van der Waals surface area (Å²) in [5.41, 5.74) is 7.39. The quantitative estimate of drug-likeness (QED) is 0.412. The van der Waals surface area contributed by atoms with E-state index >= 15 is 0 Å². The van der Waals surface area contributed by atoms with E-state index in [2.05, 4.69) is 19.9 Å². The summed E-state index contributed by atoms with van der Waals surface area (Å²) in [6, 6.07) is 10.3. The van der Waals surface area contributed by atoms with Gasteiger partial charge in [0, 0.05) is 11.6 Å². The highest BCUT2D eigenvalue weighted by molar-refractivity contribution is 5.87. The molecular formula is C18H11FN8O2. The Morgan fingerprint density at radius 3 is 2.79 bits per heavy atom. The Hall–Kier alpha value is -4.46. The number of nitrogen functional groups attached to an aromatic ring is 1. The molecule has 0 radical (unpaired) electrons. The lowest BCUT2D eigenvalue weighted by Gasteiger charge is -2.07. The maximum absolute atomic E-state index is 14.3. The van der Waals surface area contributed by atoms with Crippen molar-refractivity contribution in [1.29, 1.82) is 5.26 Å². The Morgan fingerprint density at radius 1 is 1.24 bits per heavy atom. The van der Waals surface area contributed by atoms with E-state index in [1.807, 2.05) is 6.07 Å². The van der Waals surface area contributed by atoms with E-state index in [4.69, 9.17) is 11.0 Å². The van der Waals surface area contributed by atoms with Crippen molar-refractivity contribution in [3.63, 3.8) is 0 Å². The lowest BCUT2D eigenvalue weighted by Crippen LogP contribution is -2.05. The monoisotopic (exact) mass is 390 g/mol. The molecule has 0 aliphatic carbocycles. The summed E-state index contributed by atoms with van der Waals surface area (Å²) >= 11 is 0. The van der Waals surface area contributed by atoms with Crippen LogP contribution in [0.3, 0.4) is 0 Å². The summed E-state index contributed by atoms with van der Waals surface area (Å²) in [7, 11) is 0. The maximum Gasteiger partial charge on any atom is 0.272 e. The zero-order valence-corrected chi connectivity index (χ0v) is 14.7. The number of nitro benzene ring substituents is 1. The average Bonchev–Trinajstić information content (AvgIpc) is 3.11. The molecule has 142 valence electrons. The Balaban J connectivity index is 1.79. The van der Waals surface area contributed by atoms with Gasteiger partial charge in [-0.2, -0.15) is 10.2 Å². The van der Waals surface area contributed by atoms with Gasteiger partial charge in [-0.1, -0.05) is 6.07 Å². The van der Waals surface area contributed by atoms with Crippen LogP contribution >= 0.6 is 0 Å². The zero-order valence-electron chi connectivity index (χ0n) is 14.7. The molecule has 10 nitrogen and oxygen atoms in total. The largest absolute Gasteiger partial charge is 0.368 e. The lowest BCUT2D eigenvalue weighted by atomic mass is 10.2. The smallest absolute Gasteiger partial charge is 0.272 e. The number of fused-ring (bicyclic) bond motifs is 1. The third kappa shape index (κ3) is 3.30. The van der Waals surface area contributed by atoms with Gasteiger partial charge in [-0.15, -0.1) is 0 Å². The number of nitrogens with zero attached hydrogens (tertiary/aromatic N) is 7. The summed E-state index contributed by atoms with van der Waals surface area (Å²) in [4.78, 5) is 27.0. The number of anilines is 1. The van der Waals surface area contributed by atoms with Crippen molar-refractivity contribution in [3.8, 4) is 17.5 Å². The van der Waals surface area contributed by atoms with Gasteiger partial charge in [0.2, 0.25) is 5.95 Å². The molecule has 0 aliphatic rings. The number of hydrogen-bond donors (Lipinski definition) is 1. The first-order valence-electron chi connectivity index (χ1n) is 8.25. The second-order valence-electron chi connectivity index (χ2n) is 6.03. The molecule has 0 unspecified atom stereocenters. The zero-order chi connectivity index (χ0) is 20.5. The fourth-order valence-corrected chi connectivity index (χ4v) is 2.85. The molecule has 4 rings (SSSR count). The molecule has 0 saturated heterocycles. The average molecular weight is 390 g/mol. The van der Waals surface area contributed by atoms with Gasteiger partial charge in [-0.05, 0) is 18.2 Å². The number of imidazole rings is 1. The van der Waals surface area contributed by atoms with Crippen LogP contribution in [0.1, 0.15) is 11.3 Å². The normalized spacial score (nSPS) is 10.8. The number of benzene rings is 1. The molecular weight excluding hydrogens is 379 g/mol. The Morgan fingerprint density at radius 2 is 2.07 bits per heavy atom. The van der Waals surface area contributed by atoms with Crippen molar-refractivity contribution >= 4 is 22.8 Å². The number of aromatic nitrogens is 5. The van der Waals surface area contributed by atoms with Gasteiger partial charge in [0.1, 0.15) is 28.8 Å². The van der Waals surface area contributed by atoms with Crippen molar-refractivity contribution in [1.82, 2.24) is 24.5 Å². The van der Waals surface area contributed by atoms with E-state index in [9.17, 15) is 14.5 Å². The molecule has 3 aromatic heterocycles. The van der Waals surface area contributed by atoms with Gasteiger partial charge in [-0.3, -0.25) is 10.1 Å². The highest BCUT2D eigenvalue weighted by Crippen LogP contribution is 2.26. The molecule has 11 heteroatoms. The van der Waals surface area contributed by atoms with Crippen LogP contribution in [0, 0.1) is 27.3 Å². The second kappa shape index (κ2) is 6.93. The number of nitriles is 1. The van der Waals surface area contributed by atoms with Crippen LogP contribution in [0.4, 0.5) is 16.0 Å². The number of nitrogens with two attached hydrogens (primary N) is 1. The Labute approximate surface area is 162 Å². The molecule has 0 amide bonds. The molecule has 1 aromatic carbocycles. The lowest BCUT2D eigenvalue weighted by molar-refractivity contribution is -0.385. The third-order valence-corrected chi connectivity index (χ3v) is 4.18. The molecule has 0 saturated carbocycles. The SMILES string of the molecule is N#Cc1cccc(-c2nc(N)nc3c2ncn3Cc2ccc([N+](=O)[O-])cc2F)n1. The van der Waals surface area contributed by atoms with E-state index in [1.165, 1.54) is 18.5 Å². The highest BCUT2D eigenvalue weighted by Gasteiger charge is 2.17. The van der Waals surface area contributed by atoms with E-state index in [0.717, 1.165) is 6.07 Å². The number of nitro groups is 1. The van der Waals surface area contributed by atoms with Crippen molar-refractivity contribution in [2.75, 3.05) is 5.73 Å². The summed E-state index contributed by atoms with van der Waals surface area (Å²) in [5, 5.41) is 19.8. The van der Waals surface area contributed by atoms with Gasteiger partial charge >= 0.3 is 0 Å². The van der Waals surface area contributed by atoms with E-state index in [-0.39, 0.29) is 29.4 Å². The Kier molecular flexibility index (Phi) is 4.28. The first kappa shape index (κ1) is 17.9. The van der Waals surface area contributed by atoms with Crippen LogP contribution in [0.2, 0.25) is 0 Å². The van der Waals surface area contributed by atoms with E-state index < -0.39 is 10.7 Å². The fraction of sp³-hybridized carbons (Fsp3) is 0.0556. The molecule has 0 spiro atoms. The van der Waals surface area contributed by atoms with Crippen LogP contribution in [-0.2, 0) is 6.54 Å². The molecule has 0 aliphatic heterocycles. The summed E-state index contributed by atoms with van der Waals surface area (Å²) < 4.78 is 15.8. The van der Waals surface area contributed by atoms with Gasteiger partial charge in [0.05, 0.1) is 29.6 Å². The third-order valence-electron chi connectivity index (χ3n) is 4.18. The Bertz CT molecular complexity index is 1310. The number of hydrogen-bond acceptors (Lipinski definition) is 8. The molecule has 0 fully saturated rings. The van der Waals surface area contributed by atoms with Gasteiger partial charge in [-0.25, -0.2) is 19.3 Å². The minimum Gasteiger partial charge on any atom is -0.368 e. The molecule has 3 heterocycles. The van der Waals surface area contributed by atoms with Crippen molar-refractivity contribution in [3.05, 3.63) is 69.9 Å². The number of non-ortho nitro benzene ring substituents is 1. The van der Waals surface area contributed by atoms with Crippen LogP contribution in [0.5, 0.6) is 0 Å². The first-order valence-corrected chi connectivity index (χ1v) is 8.25. The molecule has 4 aromatic rings. The standard InChI is InChI=1S/C18H11FN8O2/c19-13-6-12(27(28)29)5-4-10(13)8-26-9-22-16-15(24-18(21)25-17(16)26)14-3-1-2-11(7-20)23-14/h1-6,9H,8H2,(H2,21,24,25). The van der Waals surface area contributed by atoms with Crippen LogP contribution in [0.15, 0.2) is 42.7 Å². The summed E-state index contributed by atoms with van der Waals surface area (Å²) in [6.07, 6.45) is 1.44. The topological polar surface area (TPSA) is 149 Å². The predicted octanol–water partition coefficient (Wildman–Crippen LogP) is 2.44. The van der Waals surface area contributed by atoms with Crippen LogP contribution in [-0.4, -0.2) is 29.4 Å². The van der Waals surface area contributed by atoms with Crippen molar-refractivity contribution in [2.45, 2.75) is 6.54 Å². The number of halogens is 1. The molecule has 29 heavy (non-hydrogen) atoms.